The number of hydrogen-bond acceptors (Lipinski definition) is 4. The Morgan fingerprint density at radius 3 is 2.65 bits per heavy atom. The van der Waals surface area contributed by atoms with Crippen molar-refractivity contribution in [2.24, 2.45) is 11.8 Å². The first-order valence-corrected chi connectivity index (χ1v) is 7.86. The van der Waals surface area contributed by atoms with Crippen LogP contribution in [0.25, 0.3) is 0 Å². The van der Waals surface area contributed by atoms with Crippen LogP contribution in [0.5, 0.6) is 0 Å². The number of methoxy groups -OCH3 is 1. The van der Waals surface area contributed by atoms with Crippen LogP contribution in [0, 0.1) is 23.2 Å². The van der Waals surface area contributed by atoms with Crippen molar-refractivity contribution >= 4 is 9.84 Å². The third kappa shape index (κ3) is 3.68. The van der Waals surface area contributed by atoms with E-state index in [1.54, 1.807) is 0 Å². The number of rotatable bonds is 5. The zero-order valence-electron chi connectivity index (χ0n) is 10.6. The Morgan fingerprint density at radius 2 is 2.12 bits per heavy atom. The third-order valence-corrected chi connectivity index (χ3v) is 5.86. The molecule has 0 aromatic rings. The second kappa shape index (κ2) is 6.36. The molecule has 3 atom stereocenters. The van der Waals surface area contributed by atoms with E-state index >= 15 is 0 Å². The van der Waals surface area contributed by atoms with Gasteiger partial charge in [0, 0.05) is 7.11 Å². The Morgan fingerprint density at radius 1 is 1.41 bits per heavy atom. The summed E-state index contributed by atoms with van der Waals surface area (Å²) in [7, 11) is -1.70. The molecule has 1 fully saturated rings. The zero-order valence-corrected chi connectivity index (χ0v) is 11.4. The molecule has 0 aliphatic heterocycles. The third-order valence-electron chi connectivity index (χ3n) is 3.68. The quantitative estimate of drug-likeness (QED) is 0.754. The smallest absolute Gasteiger partial charge is 0.156 e. The molecule has 0 aromatic heterocycles. The van der Waals surface area contributed by atoms with Gasteiger partial charge in [0.1, 0.15) is 0 Å². The van der Waals surface area contributed by atoms with Gasteiger partial charge in [0.15, 0.2) is 9.84 Å². The number of sulfone groups is 1. The Balaban J connectivity index is 2.79. The standard InChI is InChI=1S/C12H21NO3S/c1-3-10-4-5-11(9-13)12(8-10)17(14,15)7-6-16-2/h10-12H,3-8H2,1-2H3. The number of hydrogen-bond donors (Lipinski definition) is 0. The van der Waals surface area contributed by atoms with E-state index in [-0.39, 0.29) is 18.3 Å². The lowest BCUT2D eigenvalue weighted by Gasteiger charge is -2.31. The van der Waals surface area contributed by atoms with Gasteiger partial charge in [-0.3, -0.25) is 0 Å². The molecule has 17 heavy (non-hydrogen) atoms. The Kier molecular flexibility index (Phi) is 5.41. The van der Waals surface area contributed by atoms with Crippen LogP contribution >= 0.6 is 0 Å². The van der Waals surface area contributed by atoms with Gasteiger partial charge < -0.3 is 4.74 Å². The summed E-state index contributed by atoms with van der Waals surface area (Å²) in [5, 5.41) is 8.58. The number of ether oxygens (including phenoxy) is 1. The monoisotopic (exact) mass is 259 g/mol. The van der Waals surface area contributed by atoms with E-state index in [1.165, 1.54) is 7.11 Å². The summed E-state index contributed by atoms with van der Waals surface area (Å²) >= 11 is 0. The van der Waals surface area contributed by atoms with Gasteiger partial charge >= 0.3 is 0 Å². The normalized spacial score (nSPS) is 29.8. The Bertz CT molecular complexity index is 372. The van der Waals surface area contributed by atoms with Crippen LogP contribution in [0.3, 0.4) is 0 Å². The SMILES string of the molecule is CCC1CCC(C#N)C(S(=O)(=O)CCOC)C1. The molecule has 0 heterocycles. The first kappa shape index (κ1) is 14.5. The molecule has 98 valence electrons. The van der Waals surface area contributed by atoms with Crippen molar-refractivity contribution in [2.75, 3.05) is 19.5 Å². The topological polar surface area (TPSA) is 67.2 Å². The van der Waals surface area contributed by atoms with Crippen LogP contribution < -0.4 is 0 Å². The van der Waals surface area contributed by atoms with Crippen LogP contribution in [-0.4, -0.2) is 33.1 Å². The highest BCUT2D eigenvalue weighted by Gasteiger charge is 2.38. The van der Waals surface area contributed by atoms with E-state index in [9.17, 15) is 8.42 Å². The van der Waals surface area contributed by atoms with Gasteiger partial charge in [-0.15, -0.1) is 0 Å². The van der Waals surface area contributed by atoms with Gasteiger partial charge in [-0.2, -0.15) is 5.26 Å². The average Bonchev–Trinajstić information content (AvgIpc) is 2.35. The molecule has 3 unspecified atom stereocenters. The molecule has 1 aliphatic rings. The second-order valence-electron chi connectivity index (χ2n) is 4.72. The molecular weight excluding hydrogens is 238 g/mol. The molecule has 0 amide bonds. The van der Waals surface area contributed by atoms with Crippen molar-refractivity contribution in [3.63, 3.8) is 0 Å². The predicted molar refractivity (Wildman–Crippen MR) is 66.2 cm³/mol. The van der Waals surface area contributed by atoms with Crippen molar-refractivity contribution < 1.29 is 13.2 Å². The lowest BCUT2D eigenvalue weighted by atomic mass is 9.81. The maximum absolute atomic E-state index is 12.1. The second-order valence-corrected chi connectivity index (χ2v) is 7.06. The molecule has 0 aromatic carbocycles. The molecule has 1 rings (SSSR count). The van der Waals surface area contributed by atoms with Gasteiger partial charge in [-0.1, -0.05) is 13.3 Å². The largest absolute Gasteiger partial charge is 0.384 e. The van der Waals surface area contributed by atoms with Crippen LogP contribution in [0.15, 0.2) is 0 Å². The predicted octanol–water partition coefficient (Wildman–Crippen LogP) is 1.77. The number of nitriles is 1. The maximum Gasteiger partial charge on any atom is 0.156 e. The van der Waals surface area contributed by atoms with Gasteiger partial charge in [-0.25, -0.2) is 8.42 Å². The summed E-state index contributed by atoms with van der Waals surface area (Å²) in [4.78, 5) is 0. The first-order valence-electron chi connectivity index (χ1n) is 6.15. The summed E-state index contributed by atoms with van der Waals surface area (Å²) in [5.41, 5.74) is 0. The van der Waals surface area contributed by atoms with E-state index in [4.69, 9.17) is 10.00 Å². The molecule has 1 saturated carbocycles. The van der Waals surface area contributed by atoms with Gasteiger partial charge in [0.25, 0.3) is 0 Å². The molecule has 0 radical (unpaired) electrons. The average molecular weight is 259 g/mol. The van der Waals surface area contributed by atoms with Gasteiger partial charge in [0.05, 0.1) is 29.6 Å². The Hall–Kier alpha value is -0.600. The minimum Gasteiger partial charge on any atom is -0.384 e. The Labute approximate surface area is 104 Å². The highest BCUT2D eigenvalue weighted by Crippen LogP contribution is 2.34. The summed E-state index contributed by atoms with van der Waals surface area (Å²) < 4.78 is 29.1. The highest BCUT2D eigenvalue weighted by molar-refractivity contribution is 7.92. The molecular formula is C12H21NO3S. The summed E-state index contributed by atoms with van der Waals surface area (Å²) in [6.07, 6.45) is 3.33. The lowest BCUT2D eigenvalue weighted by molar-refractivity contribution is 0.216. The van der Waals surface area contributed by atoms with Crippen molar-refractivity contribution in [1.82, 2.24) is 0 Å². The first-order chi connectivity index (χ1) is 8.05. The molecule has 0 spiro atoms. The lowest BCUT2D eigenvalue weighted by Crippen LogP contribution is -2.37. The van der Waals surface area contributed by atoms with Crippen LogP contribution in [0.4, 0.5) is 0 Å². The fraction of sp³-hybridized carbons (Fsp3) is 0.917. The minimum absolute atomic E-state index is 0.0305. The van der Waals surface area contributed by atoms with E-state index in [0.29, 0.717) is 18.8 Å². The summed E-state index contributed by atoms with van der Waals surface area (Å²) in [6.45, 7) is 2.30. The van der Waals surface area contributed by atoms with Crippen LogP contribution in [0.1, 0.15) is 32.6 Å². The zero-order chi connectivity index (χ0) is 12.9. The summed E-state index contributed by atoms with van der Waals surface area (Å²) in [6, 6.07) is 2.16. The van der Waals surface area contributed by atoms with E-state index < -0.39 is 15.1 Å². The van der Waals surface area contributed by atoms with E-state index in [0.717, 1.165) is 12.8 Å². The van der Waals surface area contributed by atoms with E-state index in [2.05, 4.69) is 13.0 Å². The molecule has 4 nitrogen and oxygen atoms in total. The fourth-order valence-electron chi connectivity index (χ4n) is 2.48. The summed E-state index contributed by atoms with van der Waals surface area (Å²) in [5.74, 6) is 0.143. The molecule has 1 aliphatic carbocycles. The van der Waals surface area contributed by atoms with Crippen molar-refractivity contribution in [3.8, 4) is 6.07 Å². The molecule has 0 bridgehead atoms. The number of nitrogens with zero attached hydrogens (tertiary/aromatic N) is 1. The van der Waals surface area contributed by atoms with Gasteiger partial charge in [-0.05, 0) is 25.2 Å². The highest BCUT2D eigenvalue weighted by atomic mass is 32.2. The molecule has 5 heteroatoms. The maximum atomic E-state index is 12.1. The molecule has 0 saturated heterocycles. The minimum atomic E-state index is -3.20. The van der Waals surface area contributed by atoms with Crippen molar-refractivity contribution in [2.45, 2.75) is 37.9 Å². The van der Waals surface area contributed by atoms with Crippen molar-refractivity contribution in [3.05, 3.63) is 0 Å². The fourth-order valence-corrected chi connectivity index (χ4v) is 4.44. The van der Waals surface area contributed by atoms with Crippen LogP contribution in [-0.2, 0) is 14.6 Å². The molecule has 0 N–H and O–H groups in total. The van der Waals surface area contributed by atoms with E-state index in [1.807, 2.05) is 0 Å². The van der Waals surface area contributed by atoms with Crippen LogP contribution in [0.2, 0.25) is 0 Å². The van der Waals surface area contributed by atoms with Crippen molar-refractivity contribution in [1.29, 1.82) is 5.26 Å². The van der Waals surface area contributed by atoms with Gasteiger partial charge in [0.2, 0.25) is 0 Å².